The summed E-state index contributed by atoms with van der Waals surface area (Å²) in [5.41, 5.74) is 0. The summed E-state index contributed by atoms with van der Waals surface area (Å²) in [5.74, 6) is -2.68. The van der Waals surface area contributed by atoms with Crippen molar-refractivity contribution in [2.45, 2.75) is 0 Å². The van der Waals surface area contributed by atoms with Gasteiger partial charge in [0, 0.05) is 24.3 Å². The summed E-state index contributed by atoms with van der Waals surface area (Å²) in [6, 6.07) is 0. The third kappa shape index (κ3) is 15.4. The van der Waals surface area contributed by atoms with E-state index in [2.05, 4.69) is 26.3 Å². The molecule has 0 aromatic carbocycles. The van der Waals surface area contributed by atoms with E-state index in [-0.39, 0.29) is 52.9 Å². The Kier molecular flexibility index (Phi) is 16.7. The molecular formula is C20H28O12Si. The summed E-state index contributed by atoms with van der Waals surface area (Å²) in [6.45, 7) is 11.6. The molecule has 12 nitrogen and oxygen atoms in total. The number of esters is 4. The molecule has 0 aliphatic heterocycles. The molecule has 0 spiro atoms. The van der Waals surface area contributed by atoms with Crippen molar-refractivity contribution in [1.82, 2.24) is 0 Å². The summed E-state index contributed by atoms with van der Waals surface area (Å²) in [4.78, 5) is 44.8. The molecule has 0 aromatic rings. The number of rotatable bonds is 20. The average Bonchev–Trinajstić information content (AvgIpc) is 2.83. The van der Waals surface area contributed by atoms with Crippen LogP contribution >= 0.6 is 0 Å². The van der Waals surface area contributed by atoms with E-state index in [9.17, 15) is 19.2 Å². The van der Waals surface area contributed by atoms with E-state index in [1.807, 2.05) is 0 Å². The van der Waals surface area contributed by atoms with E-state index < -0.39 is 32.9 Å². The monoisotopic (exact) mass is 488 g/mol. The first-order valence-electron chi connectivity index (χ1n) is 9.55. The molecule has 184 valence electrons. The minimum Gasteiger partial charge on any atom is -0.460 e. The van der Waals surface area contributed by atoms with Crippen molar-refractivity contribution in [3.63, 3.8) is 0 Å². The van der Waals surface area contributed by atoms with Crippen LogP contribution in [0.1, 0.15) is 0 Å². The summed E-state index contributed by atoms with van der Waals surface area (Å²) in [7, 11) is -3.99. The van der Waals surface area contributed by atoms with Crippen LogP contribution in [0.5, 0.6) is 0 Å². The second-order valence-corrected chi connectivity index (χ2v) is 7.54. The maximum absolute atomic E-state index is 11.2. The normalized spacial score (nSPS) is 10.4. The van der Waals surface area contributed by atoms with Gasteiger partial charge in [0.15, 0.2) is 0 Å². The largest absolute Gasteiger partial charge is 0.680 e. The molecule has 0 amide bonds. The summed E-state index contributed by atoms with van der Waals surface area (Å²) >= 11 is 0. The summed E-state index contributed by atoms with van der Waals surface area (Å²) in [5, 5.41) is 0. The van der Waals surface area contributed by atoms with E-state index in [0.717, 1.165) is 24.3 Å². The molecule has 0 N–H and O–H groups in total. The Labute approximate surface area is 192 Å². The number of carbonyl (C=O) groups excluding carboxylic acids is 4. The molecule has 13 heteroatoms. The highest BCUT2D eigenvalue weighted by Crippen LogP contribution is 2.13. The van der Waals surface area contributed by atoms with E-state index >= 15 is 0 Å². The highest BCUT2D eigenvalue weighted by atomic mass is 28.4. The smallest absolute Gasteiger partial charge is 0.460 e. The Hall–Kier alpha value is -3.10. The third-order valence-electron chi connectivity index (χ3n) is 3.09. The van der Waals surface area contributed by atoms with Gasteiger partial charge < -0.3 is 36.7 Å². The zero-order valence-corrected chi connectivity index (χ0v) is 19.2. The van der Waals surface area contributed by atoms with Crippen LogP contribution in [0.15, 0.2) is 50.6 Å². The third-order valence-corrected chi connectivity index (χ3v) is 5.32. The van der Waals surface area contributed by atoms with E-state index in [1.54, 1.807) is 0 Å². The van der Waals surface area contributed by atoms with Crippen LogP contribution in [0.2, 0.25) is 0 Å². The number of hydrogen-bond acceptors (Lipinski definition) is 12. The second-order valence-electron chi connectivity index (χ2n) is 5.38. The maximum Gasteiger partial charge on any atom is 0.680 e. The van der Waals surface area contributed by atoms with Gasteiger partial charge in [0.05, 0.1) is 26.4 Å². The van der Waals surface area contributed by atoms with Crippen LogP contribution in [-0.4, -0.2) is 85.8 Å². The van der Waals surface area contributed by atoms with Gasteiger partial charge in [0.1, 0.15) is 26.4 Å². The molecule has 0 radical (unpaired) electrons. The molecule has 0 rings (SSSR count). The van der Waals surface area contributed by atoms with Crippen LogP contribution in [0, 0.1) is 0 Å². The molecule has 0 saturated heterocycles. The molecule has 0 aliphatic rings. The minimum absolute atomic E-state index is 0.183. The van der Waals surface area contributed by atoms with Gasteiger partial charge in [-0.3, -0.25) is 0 Å². The molecule has 0 saturated carbocycles. The quantitative estimate of drug-likeness (QED) is 0.0770. The van der Waals surface area contributed by atoms with Gasteiger partial charge in [-0.05, 0) is 0 Å². The first-order chi connectivity index (χ1) is 15.8. The highest BCUT2D eigenvalue weighted by Gasteiger charge is 2.46. The van der Waals surface area contributed by atoms with Crippen LogP contribution in [0.3, 0.4) is 0 Å². The summed E-state index contributed by atoms with van der Waals surface area (Å²) in [6.07, 6.45) is 3.90. The lowest BCUT2D eigenvalue weighted by atomic mass is 10.6. The van der Waals surface area contributed by atoms with Crippen molar-refractivity contribution >= 4 is 32.9 Å². The van der Waals surface area contributed by atoms with Gasteiger partial charge >= 0.3 is 32.9 Å². The lowest BCUT2D eigenvalue weighted by Gasteiger charge is -2.28. The van der Waals surface area contributed by atoms with E-state index in [1.165, 1.54) is 0 Å². The predicted molar refractivity (Wildman–Crippen MR) is 114 cm³/mol. The van der Waals surface area contributed by atoms with E-state index in [0.29, 0.717) is 0 Å². The molecule has 0 aliphatic carbocycles. The Morgan fingerprint density at radius 1 is 0.455 bits per heavy atom. The molecule has 0 unspecified atom stereocenters. The van der Waals surface area contributed by atoms with Crippen molar-refractivity contribution in [3.05, 3.63) is 50.6 Å². The first-order valence-corrected chi connectivity index (χ1v) is 11.2. The standard InChI is InChI=1S/C20H28O12Si/c1-5-17(21)25-9-13-29-33(30-14-10-26-18(22)6-2,31-15-11-27-19(23)7-3)32-16-12-28-20(24)8-4/h5-8H,1-4,9-16H2. The van der Waals surface area contributed by atoms with Gasteiger partial charge in [0.25, 0.3) is 0 Å². The SMILES string of the molecule is C=CC(=O)OCCO[Si](OCCOC(=O)C=C)(OCCOC(=O)C=C)OCCOC(=O)C=C. The lowest BCUT2D eigenvalue weighted by molar-refractivity contribution is -0.141. The van der Waals surface area contributed by atoms with Gasteiger partial charge in [0.2, 0.25) is 0 Å². The van der Waals surface area contributed by atoms with Gasteiger partial charge in [-0.1, -0.05) is 26.3 Å². The van der Waals surface area contributed by atoms with Crippen molar-refractivity contribution in [2.24, 2.45) is 0 Å². The molecular weight excluding hydrogens is 460 g/mol. The van der Waals surface area contributed by atoms with Crippen molar-refractivity contribution in [2.75, 3.05) is 52.9 Å². The zero-order valence-electron chi connectivity index (χ0n) is 18.2. The van der Waals surface area contributed by atoms with Gasteiger partial charge in [-0.15, -0.1) is 0 Å². The van der Waals surface area contributed by atoms with Crippen LogP contribution < -0.4 is 0 Å². The highest BCUT2D eigenvalue weighted by molar-refractivity contribution is 6.53. The Balaban J connectivity index is 5.15. The van der Waals surface area contributed by atoms with Crippen LogP contribution in [0.4, 0.5) is 0 Å². The average molecular weight is 489 g/mol. The molecule has 0 fully saturated rings. The van der Waals surface area contributed by atoms with Gasteiger partial charge in [-0.25, -0.2) is 19.2 Å². The van der Waals surface area contributed by atoms with Crippen LogP contribution in [-0.2, 0) is 55.8 Å². The fourth-order valence-electron chi connectivity index (χ4n) is 1.72. The molecule has 0 aromatic heterocycles. The summed E-state index contributed by atoms with van der Waals surface area (Å²) < 4.78 is 41.7. The topological polar surface area (TPSA) is 142 Å². The Morgan fingerprint density at radius 3 is 0.848 bits per heavy atom. The fourth-order valence-corrected chi connectivity index (χ4v) is 3.55. The number of carbonyl (C=O) groups is 4. The van der Waals surface area contributed by atoms with Crippen molar-refractivity contribution < 1.29 is 55.8 Å². The fraction of sp³-hybridized carbons (Fsp3) is 0.400. The predicted octanol–water partition coefficient (Wildman–Crippen LogP) is 0.405. The molecule has 0 heterocycles. The van der Waals surface area contributed by atoms with Crippen LogP contribution in [0.25, 0.3) is 0 Å². The van der Waals surface area contributed by atoms with E-state index in [4.69, 9.17) is 36.7 Å². The molecule has 0 atom stereocenters. The minimum atomic E-state index is -3.99. The second kappa shape index (κ2) is 18.5. The Morgan fingerprint density at radius 2 is 0.667 bits per heavy atom. The zero-order chi connectivity index (χ0) is 25.0. The molecule has 0 bridgehead atoms. The number of hydrogen-bond donors (Lipinski definition) is 0. The first kappa shape index (κ1) is 29.9. The van der Waals surface area contributed by atoms with Crippen molar-refractivity contribution in [1.29, 1.82) is 0 Å². The lowest BCUT2D eigenvalue weighted by Crippen LogP contribution is -2.51. The van der Waals surface area contributed by atoms with Crippen molar-refractivity contribution in [3.8, 4) is 0 Å². The van der Waals surface area contributed by atoms with Gasteiger partial charge in [-0.2, -0.15) is 0 Å². The molecule has 33 heavy (non-hydrogen) atoms. The Bertz CT molecular complexity index is 573. The maximum atomic E-state index is 11.2. The number of ether oxygens (including phenoxy) is 4.